The van der Waals surface area contributed by atoms with Crippen LogP contribution in [-0.4, -0.2) is 19.5 Å². The lowest BCUT2D eigenvalue weighted by atomic mass is 10.2. The maximum absolute atomic E-state index is 5.41. The molecule has 1 aliphatic carbocycles. The average molecular weight is 180 g/mol. The second-order valence-electron chi connectivity index (χ2n) is 3.66. The van der Waals surface area contributed by atoms with E-state index in [1.54, 1.807) is 0 Å². The van der Waals surface area contributed by atoms with Gasteiger partial charge in [0.25, 0.3) is 0 Å². The van der Waals surface area contributed by atoms with E-state index in [4.69, 9.17) is 9.47 Å². The normalized spacial score (nSPS) is 23.7. The summed E-state index contributed by atoms with van der Waals surface area (Å²) < 4.78 is 10.8. The topological polar surface area (TPSA) is 18.5 Å². The third kappa shape index (κ3) is 3.38. The fraction of sp³-hybridized carbons (Fsp3) is 0.818. The lowest BCUT2D eigenvalue weighted by Crippen LogP contribution is -2.24. The first-order valence-electron chi connectivity index (χ1n) is 5.17. The second-order valence-corrected chi connectivity index (χ2v) is 3.66. The van der Waals surface area contributed by atoms with Gasteiger partial charge < -0.3 is 9.47 Å². The molecule has 0 N–H and O–H groups in total. The molecule has 0 bridgehead atoms. The van der Waals surface area contributed by atoms with Crippen molar-refractivity contribution in [2.75, 3.05) is 13.2 Å². The SMILES string of the molecule is C(#CC1CC1)CCC1OCCCO1. The Bertz CT molecular complexity index is 204. The zero-order valence-electron chi connectivity index (χ0n) is 7.92. The van der Waals surface area contributed by atoms with Gasteiger partial charge in [-0.25, -0.2) is 0 Å². The Morgan fingerprint density at radius 1 is 1.15 bits per heavy atom. The molecule has 72 valence electrons. The molecule has 0 aromatic heterocycles. The van der Waals surface area contributed by atoms with Crippen LogP contribution >= 0.6 is 0 Å². The van der Waals surface area contributed by atoms with Crippen molar-refractivity contribution in [3.05, 3.63) is 0 Å². The standard InChI is InChI=1S/C11H16O2/c1(4-10-6-7-10)2-5-11-12-8-3-9-13-11/h10-11H,2-3,5-9H2. The minimum Gasteiger partial charge on any atom is -0.353 e. The summed E-state index contributed by atoms with van der Waals surface area (Å²) in [5, 5.41) is 0. The lowest BCUT2D eigenvalue weighted by Gasteiger charge is -2.22. The van der Waals surface area contributed by atoms with Gasteiger partial charge in [-0.2, -0.15) is 0 Å². The summed E-state index contributed by atoms with van der Waals surface area (Å²) >= 11 is 0. The molecule has 2 fully saturated rings. The Balaban J connectivity index is 1.58. The van der Waals surface area contributed by atoms with Crippen LogP contribution in [0.2, 0.25) is 0 Å². The molecular formula is C11H16O2. The van der Waals surface area contributed by atoms with Crippen LogP contribution < -0.4 is 0 Å². The summed E-state index contributed by atoms with van der Waals surface area (Å²) in [5.41, 5.74) is 0. The quantitative estimate of drug-likeness (QED) is 0.605. The van der Waals surface area contributed by atoms with E-state index in [0.29, 0.717) is 5.92 Å². The van der Waals surface area contributed by atoms with Gasteiger partial charge in [0, 0.05) is 18.8 Å². The molecule has 13 heavy (non-hydrogen) atoms. The molecule has 1 saturated heterocycles. The highest BCUT2D eigenvalue weighted by Gasteiger charge is 2.17. The highest BCUT2D eigenvalue weighted by molar-refractivity contribution is 5.08. The van der Waals surface area contributed by atoms with Crippen molar-refractivity contribution in [2.45, 2.75) is 38.4 Å². The van der Waals surface area contributed by atoms with Crippen molar-refractivity contribution in [1.82, 2.24) is 0 Å². The molecule has 0 atom stereocenters. The minimum absolute atomic E-state index is 0.0160. The van der Waals surface area contributed by atoms with E-state index in [1.165, 1.54) is 12.8 Å². The van der Waals surface area contributed by atoms with E-state index in [2.05, 4.69) is 11.8 Å². The highest BCUT2D eigenvalue weighted by atomic mass is 16.7. The van der Waals surface area contributed by atoms with Crippen molar-refractivity contribution < 1.29 is 9.47 Å². The van der Waals surface area contributed by atoms with Crippen molar-refractivity contribution >= 4 is 0 Å². The van der Waals surface area contributed by atoms with Crippen LogP contribution in [0.3, 0.4) is 0 Å². The molecule has 1 aliphatic heterocycles. The first kappa shape index (κ1) is 9.05. The number of hydrogen-bond donors (Lipinski definition) is 0. The molecule has 0 spiro atoms. The summed E-state index contributed by atoms with van der Waals surface area (Å²) in [7, 11) is 0. The van der Waals surface area contributed by atoms with Gasteiger partial charge >= 0.3 is 0 Å². The van der Waals surface area contributed by atoms with Gasteiger partial charge in [0.1, 0.15) is 0 Å². The molecule has 0 aromatic rings. The number of rotatable bonds is 2. The van der Waals surface area contributed by atoms with Crippen molar-refractivity contribution in [3.8, 4) is 11.8 Å². The summed E-state index contributed by atoms with van der Waals surface area (Å²) in [6, 6.07) is 0. The fourth-order valence-corrected chi connectivity index (χ4v) is 1.34. The van der Waals surface area contributed by atoms with Crippen molar-refractivity contribution in [1.29, 1.82) is 0 Å². The van der Waals surface area contributed by atoms with Crippen molar-refractivity contribution in [3.63, 3.8) is 0 Å². The Morgan fingerprint density at radius 2 is 1.92 bits per heavy atom. The third-order valence-corrected chi connectivity index (χ3v) is 2.28. The summed E-state index contributed by atoms with van der Waals surface area (Å²) in [4.78, 5) is 0. The van der Waals surface area contributed by atoms with Crippen LogP contribution in [0.1, 0.15) is 32.1 Å². The molecule has 2 aliphatic rings. The van der Waals surface area contributed by atoms with E-state index in [1.807, 2.05) is 0 Å². The zero-order valence-corrected chi connectivity index (χ0v) is 7.92. The number of ether oxygens (including phenoxy) is 2. The molecule has 1 heterocycles. The maximum Gasteiger partial charge on any atom is 0.158 e. The van der Waals surface area contributed by atoms with E-state index in [9.17, 15) is 0 Å². The largest absolute Gasteiger partial charge is 0.353 e. The van der Waals surface area contributed by atoms with E-state index >= 15 is 0 Å². The van der Waals surface area contributed by atoms with Gasteiger partial charge in [-0.3, -0.25) is 0 Å². The van der Waals surface area contributed by atoms with Gasteiger partial charge in [-0.05, 0) is 19.3 Å². The maximum atomic E-state index is 5.41. The Hall–Kier alpha value is -0.520. The van der Waals surface area contributed by atoms with Gasteiger partial charge in [-0.15, -0.1) is 5.92 Å². The molecule has 1 saturated carbocycles. The Morgan fingerprint density at radius 3 is 2.62 bits per heavy atom. The van der Waals surface area contributed by atoms with Crippen LogP contribution in [0.4, 0.5) is 0 Å². The molecule has 0 aromatic carbocycles. The van der Waals surface area contributed by atoms with Gasteiger partial charge in [0.15, 0.2) is 6.29 Å². The monoisotopic (exact) mass is 180 g/mol. The van der Waals surface area contributed by atoms with Crippen LogP contribution in [0.25, 0.3) is 0 Å². The molecule has 0 radical (unpaired) electrons. The molecule has 0 unspecified atom stereocenters. The van der Waals surface area contributed by atoms with E-state index in [-0.39, 0.29) is 6.29 Å². The minimum atomic E-state index is 0.0160. The summed E-state index contributed by atoms with van der Waals surface area (Å²) in [6.07, 6.45) is 5.51. The fourth-order valence-electron chi connectivity index (χ4n) is 1.34. The highest BCUT2D eigenvalue weighted by Crippen LogP contribution is 2.27. The Kier molecular flexibility index (Phi) is 3.23. The van der Waals surface area contributed by atoms with E-state index < -0.39 is 0 Å². The molecule has 2 heteroatoms. The predicted molar refractivity (Wildman–Crippen MR) is 50.0 cm³/mol. The first-order valence-corrected chi connectivity index (χ1v) is 5.17. The Labute approximate surface area is 79.6 Å². The van der Waals surface area contributed by atoms with Gasteiger partial charge in [0.05, 0.1) is 13.2 Å². The van der Waals surface area contributed by atoms with E-state index in [0.717, 1.165) is 32.5 Å². The van der Waals surface area contributed by atoms with Crippen LogP contribution in [0.5, 0.6) is 0 Å². The number of hydrogen-bond acceptors (Lipinski definition) is 2. The predicted octanol–water partition coefficient (Wildman–Crippen LogP) is 1.94. The van der Waals surface area contributed by atoms with Gasteiger partial charge in [-0.1, -0.05) is 5.92 Å². The molecule has 2 rings (SSSR count). The third-order valence-electron chi connectivity index (χ3n) is 2.28. The summed E-state index contributed by atoms with van der Waals surface area (Å²) in [5.74, 6) is 7.14. The molecule has 0 amide bonds. The lowest BCUT2D eigenvalue weighted by molar-refractivity contribution is -0.180. The van der Waals surface area contributed by atoms with Crippen LogP contribution in [-0.2, 0) is 9.47 Å². The average Bonchev–Trinajstić information content (AvgIpc) is 2.98. The van der Waals surface area contributed by atoms with Gasteiger partial charge in [0.2, 0.25) is 0 Å². The van der Waals surface area contributed by atoms with Crippen LogP contribution in [0.15, 0.2) is 0 Å². The summed E-state index contributed by atoms with van der Waals surface area (Å²) in [6.45, 7) is 1.70. The second kappa shape index (κ2) is 4.64. The molecule has 2 nitrogen and oxygen atoms in total. The smallest absolute Gasteiger partial charge is 0.158 e. The molecular weight excluding hydrogens is 164 g/mol. The van der Waals surface area contributed by atoms with Crippen molar-refractivity contribution in [2.24, 2.45) is 5.92 Å². The first-order chi connectivity index (χ1) is 6.45. The zero-order chi connectivity index (χ0) is 8.93. The van der Waals surface area contributed by atoms with Crippen LogP contribution in [0, 0.1) is 17.8 Å².